The Hall–Kier alpha value is -12.5. The van der Waals surface area contributed by atoms with Gasteiger partial charge in [-0.15, -0.1) is 0 Å². The van der Waals surface area contributed by atoms with E-state index in [4.69, 9.17) is 30.8 Å². The van der Waals surface area contributed by atoms with Crippen molar-refractivity contribution in [1.82, 2.24) is 0 Å². The van der Waals surface area contributed by atoms with E-state index in [2.05, 4.69) is 163 Å². The summed E-state index contributed by atoms with van der Waals surface area (Å²) in [5.41, 5.74) is 27.7. The summed E-state index contributed by atoms with van der Waals surface area (Å²) in [4.78, 5) is 7.09. The van der Waals surface area contributed by atoms with Gasteiger partial charge in [-0.3, -0.25) is 0 Å². The Morgan fingerprint density at radius 2 is 0.854 bits per heavy atom. The Balaban J connectivity index is 0.000000116. The summed E-state index contributed by atoms with van der Waals surface area (Å²) in [6.45, 7) is 31.6. The second-order valence-electron chi connectivity index (χ2n) is 24.6. The van der Waals surface area contributed by atoms with Gasteiger partial charge in [0.1, 0.15) is 72.9 Å². The minimum absolute atomic E-state index is 0.563. The highest BCUT2D eigenvalue weighted by Crippen LogP contribution is 2.44. The van der Waals surface area contributed by atoms with Gasteiger partial charge in [0.05, 0.1) is 58.7 Å². The van der Waals surface area contributed by atoms with Gasteiger partial charge in [-0.05, 0) is 179 Å². The highest BCUT2D eigenvalue weighted by molar-refractivity contribution is 6.15. The smallest absolute Gasteiger partial charge is 0.229 e. The first-order valence-electron chi connectivity index (χ1n) is 31.6. The van der Waals surface area contributed by atoms with Crippen molar-refractivity contribution in [2.45, 2.75) is 55.4 Å². The number of nitrogens with zero attached hydrogens (tertiary/aromatic N) is 8. The van der Waals surface area contributed by atoms with Crippen molar-refractivity contribution in [3.05, 3.63) is 273 Å². The van der Waals surface area contributed by atoms with Gasteiger partial charge >= 0.3 is 0 Å². The van der Waals surface area contributed by atoms with Gasteiger partial charge in [-0.25, -0.2) is 28.0 Å². The number of benzene rings is 8. The predicted octanol–water partition coefficient (Wildman–Crippen LogP) is 19.6. The molecule has 12 heteroatoms. The molecular formula is C84H68N8O4+4. The molecule has 0 radical (unpaired) electrons. The number of para-hydroxylation sites is 1. The number of hydrogen-bond donors (Lipinski definition) is 0. The Morgan fingerprint density at radius 1 is 0.354 bits per heavy atom. The topological polar surface area (TPSA) is 124 Å². The van der Waals surface area contributed by atoms with Gasteiger partial charge in [-0.1, -0.05) is 42.5 Å². The largest absolute Gasteiger partial charge is 0.467 e. The third-order valence-corrected chi connectivity index (χ3v) is 19.0. The molecule has 16 rings (SSSR count). The van der Waals surface area contributed by atoms with E-state index in [-0.39, 0.29) is 0 Å². The number of pyridine rings is 4. The van der Waals surface area contributed by atoms with Crippen molar-refractivity contribution < 1.29 is 35.9 Å². The first kappa shape index (κ1) is 62.3. The summed E-state index contributed by atoms with van der Waals surface area (Å²) in [7, 11) is 8.18. The summed E-state index contributed by atoms with van der Waals surface area (Å²) >= 11 is 0. The van der Waals surface area contributed by atoms with E-state index in [1.54, 1.807) is 12.1 Å². The molecule has 8 heterocycles. The highest BCUT2D eigenvalue weighted by atomic mass is 16.3. The number of hydrogen-bond acceptors (Lipinski definition) is 6. The standard InChI is InChI=1S/4C21H17N2O/c1-13-14(2)20-15-8-7-9-17(22-3)21(15)24-19(20)12-16(13)18-10-5-6-11-23(18)4;1-13-14(2)21-16-9-8-15(22-3)11-19(16)24-20(21)12-17(13)18-7-5-6-10-23(18)4;1-13-11-14(2)19-20-15(12-22)7-6-9-17(20)24-21(19)18(13)16-8-4-5-10-23(16)3;1-13-14(2)21-17-10-15(12-22)7-8-19(17)24-20(21)11-16(13)18-6-4-5-9-23(18)3/h2*5-12H,1-2,4H3;2*4-11H,1-3H3/q4*+1. The van der Waals surface area contributed by atoms with Crippen molar-refractivity contribution in [2.24, 2.45) is 28.2 Å². The summed E-state index contributed by atoms with van der Waals surface area (Å²) in [6, 6.07) is 60.3. The van der Waals surface area contributed by atoms with Gasteiger partial charge in [0.2, 0.25) is 28.5 Å². The van der Waals surface area contributed by atoms with Crippen molar-refractivity contribution in [3.8, 4) is 57.2 Å². The van der Waals surface area contributed by atoms with E-state index >= 15 is 0 Å². The van der Waals surface area contributed by atoms with Crippen LogP contribution in [0.3, 0.4) is 0 Å². The van der Waals surface area contributed by atoms with Crippen LogP contribution in [0.25, 0.3) is 142 Å². The van der Waals surface area contributed by atoms with E-state index in [9.17, 15) is 10.5 Å². The lowest BCUT2D eigenvalue weighted by atomic mass is 9.95. The number of furan rings is 4. The maximum atomic E-state index is 9.49. The third-order valence-electron chi connectivity index (χ3n) is 19.0. The molecule has 0 aliphatic carbocycles. The minimum Gasteiger partial charge on any atom is -0.467 e. The molecule has 8 aromatic carbocycles. The average molecular weight is 1250 g/mol. The van der Waals surface area contributed by atoms with Gasteiger partial charge < -0.3 is 17.7 Å². The van der Waals surface area contributed by atoms with Gasteiger partial charge in [-0.2, -0.15) is 10.5 Å². The van der Waals surface area contributed by atoms with Crippen molar-refractivity contribution >= 4 is 99.1 Å². The number of nitriles is 2. The van der Waals surface area contributed by atoms with E-state index < -0.39 is 0 Å². The third kappa shape index (κ3) is 10.8. The fraction of sp³-hybridized carbons (Fsp3) is 0.143. The van der Waals surface area contributed by atoms with Crippen LogP contribution in [-0.4, -0.2) is 0 Å². The van der Waals surface area contributed by atoms with Crippen LogP contribution in [0.1, 0.15) is 55.6 Å². The molecule has 16 aromatic rings. The fourth-order valence-corrected chi connectivity index (χ4v) is 13.7. The first-order chi connectivity index (χ1) is 46.4. The monoisotopic (exact) mass is 1250 g/mol. The lowest BCUT2D eigenvalue weighted by Crippen LogP contribution is -2.30. The van der Waals surface area contributed by atoms with Crippen LogP contribution >= 0.6 is 0 Å². The molecule has 0 aliphatic heterocycles. The normalized spacial score (nSPS) is 11.1. The van der Waals surface area contributed by atoms with Gasteiger partial charge in [0.25, 0.3) is 0 Å². The van der Waals surface area contributed by atoms with E-state index in [0.29, 0.717) is 28.1 Å². The van der Waals surface area contributed by atoms with E-state index in [0.717, 1.165) is 122 Å². The zero-order valence-electron chi connectivity index (χ0n) is 55.7. The molecule has 464 valence electrons. The Morgan fingerprint density at radius 3 is 1.38 bits per heavy atom. The zero-order chi connectivity index (χ0) is 67.4. The van der Waals surface area contributed by atoms with Gasteiger partial charge in [0, 0.05) is 91.6 Å². The second-order valence-corrected chi connectivity index (χ2v) is 24.6. The quantitative estimate of drug-likeness (QED) is 0.128. The molecular weight excluding hydrogens is 1180 g/mol. The van der Waals surface area contributed by atoms with E-state index in [1.165, 1.54) is 50.1 Å². The van der Waals surface area contributed by atoms with E-state index in [1.807, 2.05) is 143 Å². The maximum Gasteiger partial charge on any atom is 0.229 e. The zero-order valence-corrected chi connectivity index (χ0v) is 55.7. The summed E-state index contributed by atoms with van der Waals surface area (Å²) in [6.07, 6.45) is 8.18. The Kier molecular flexibility index (Phi) is 16.4. The number of rotatable bonds is 4. The highest BCUT2D eigenvalue weighted by Gasteiger charge is 2.26. The first-order valence-corrected chi connectivity index (χ1v) is 31.6. The molecule has 0 bridgehead atoms. The Labute approximate surface area is 556 Å². The molecule has 0 N–H and O–H groups in total. The van der Waals surface area contributed by atoms with Crippen LogP contribution in [0.4, 0.5) is 11.4 Å². The molecule has 0 spiro atoms. The molecule has 0 saturated carbocycles. The summed E-state index contributed by atoms with van der Waals surface area (Å²) in [5, 5.41) is 27.0. The molecule has 0 amide bonds. The number of aromatic nitrogens is 4. The van der Waals surface area contributed by atoms with Crippen LogP contribution < -0.4 is 18.3 Å². The molecule has 0 unspecified atom stereocenters. The van der Waals surface area contributed by atoms with Crippen molar-refractivity contribution in [1.29, 1.82) is 10.5 Å². The molecule has 96 heavy (non-hydrogen) atoms. The van der Waals surface area contributed by atoms with Crippen LogP contribution in [0.5, 0.6) is 0 Å². The van der Waals surface area contributed by atoms with Crippen LogP contribution in [0, 0.1) is 91.2 Å². The lowest BCUT2D eigenvalue weighted by molar-refractivity contribution is -0.660. The molecule has 0 atom stereocenters. The average Bonchev–Trinajstić information content (AvgIpc) is 1.59. The van der Waals surface area contributed by atoms with Crippen LogP contribution in [0.2, 0.25) is 0 Å². The molecule has 0 aliphatic rings. The number of fused-ring (bicyclic) bond motifs is 12. The Bertz CT molecular complexity index is 5990. The lowest BCUT2D eigenvalue weighted by Gasteiger charge is -2.08. The van der Waals surface area contributed by atoms with Crippen molar-refractivity contribution in [2.75, 3.05) is 0 Å². The second kappa shape index (κ2) is 25.2. The van der Waals surface area contributed by atoms with Crippen LogP contribution in [-0.2, 0) is 28.2 Å². The fourth-order valence-electron chi connectivity index (χ4n) is 13.7. The molecule has 12 nitrogen and oxygen atoms in total. The maximum absolute atomic E-state index is 9.49. The predicted molar refractivity (Wildman–Crippen MR) is 381 cm³/mol. The summed E-state index contributed by atoms with van der Waals surface area (Å²) in [5.74, 6) is 0. The molecule has 8 aromatic heterocycles. The molecule has 0 saturated heterocycles. The van der Waals surface area contributed by atoms with Gasteiger partial charge in [0.15, 0.2) is 30.5 Å². The SMILES string of the molecule is Cc1c(-c2cccc[n+]2C)cc2oc3ccc(C#N)cc3c2c1C.Cc1cc(C)c2c(oc3cccc(C#N)c32)c1-c1cccc[n+]1C.[C-]#[N+]c1ccc2c(c1)oc1cc(-c3cccc[n+]3C)c(C)c(C)c12.[C-]#[N+]c1cccc2c1oc1cc(-c3cccc[n+]3C)c(C)c(C)c12. The number of aryl methyl sites for hydroxylation is 9. The molecule has 0 fully saturated rings. The summed E-state index contributed by atoms with van der Waals surface area (Å²) < 4.78 is 32.9. The van der Waals surface area contributed by atoms with Crippen molar-refractivity contribution in [3.63, 3.8) is 0 Å². The minimum atomic E-state index is 0.563. The van der Waals surface area contributed by atoms with Crippen LogP contribution in [0.15, 0.2) is 212 Å².